The predicted molar refractivity (Wildman–Crippen MR) is 92.3 cm³/mol. The molecule has 7 nitrogen and oxygen atoms in total. The molecule has 0 bridgehead atoms. The van der Waals surface area contributed by atoms with Gasteiger partial charge in [0.2, 0.25) is 0 Å². The van der Waals surface area contributed by atoms with Crippen LogP contribution in [0.1, 0.15) is 39.4 Å². The predicted octanol–water partition coefficient (Wildman–Crippen LogP) is 1.84. The van der Waals surface area contributed by atoms with Crippen molar-refractivity contribution >= 4 is 17.8 Å². The first-order valence-corrected chi connectivity index (χ1v) is 7.63. The van der Waals surface area contributed by atoms with E-state index in [0.29, 0.717) is 32.0 Å². The quantitative estimate of drug-likeness (QED) is 0.822. The van der Waals surface area contributed by atoms with Crippen LogP contribution in [0.25, 0.3) is 0 Å². The van der Waals surface area contributed by atoms with Gasteiger partial charge in [-0.2, -0.15) is 0 Å². The highest BCUT2D eigenvalue weighted by atomic mass is 16.6. The molecular weight excluding hydrogens is 308 g/mol. The Bertz CT molecular complexity index is 752. The fraction of sp³-hybridized carbons (Fsp3) is 0.588. The Morgan fingerprint density at radius 3 is 2.38 bits per heavy atom. The van der Waals surface area contributed by atoms with Crippen LogP contribution in [0.4, 0.5) is 10.6 Å². The average molecular weight is 340 g/mol. The molecule has 1 aliphatic rings. The summed E-state index contributed by atoms with van der Waals surface area (Å²) >= 11 is 0. The van der Waals surface area contributed by atoms with E-state index in [1.165, 1.54) is 12.1 Å². The highest BCUT2D eigenvalue weighted by Gasteiger charge is 2.26. The van der Waals surface area contributed by atoms with Gasteiger partial charge >= 0.3 is 6.09 Å². The molecule has 1 saturated heterocycles. The molecule has 0 saturated carbocycles. The van der Waals surface area contributed by atoms with E-state index in [4.69, 9.17) is 13.0 Å². The van der Waals surface area contributed by atoms with E-state index in [0.717, 1.165) is 6.20 Å². The van der Waals surface area contributed by atoms with Gasteiger partial charge in [0.15, 0.2) is 0 Å². The van der Waals surface area contributed by atoms with Crippen LogP contribution in [0.2, 0.25) is 0 Å². The Labute approximate surface area is 151 Å². The van der Waals surface area contributed by atoms with Crippen molar-refractivity contribution in [2.45, 2.75) is 26.4 Å². The third-order valence-corrected chi connectivity index (χ3v) is 3.45. The lowest BCUT2D eigenvalue weighted by atomic mass is 10.2. The third kappa shape index (κ3) is 4.59. The number of nitrogens with zero attached hydrogens (tertiary/aromatic N) is 4. The van der Waals surface area contributed by atoms with Crippen LogP contribution >= 0.6 is 0 Å². The van der Waals surface area contributed by atoms with Crippen molar-refractivity contribution in [3.63, 3.8) is 0 Å². The maximum Gasteiger partial charge on any atom is 0.410 e. The minimum atomic E-state index is -3.11. The lowest BCUT2D eigenvalue weighted by molar-refractivity contribution is 0.0240. The van der Waals surface area contributed by atoms with Gasteiger partial charge in [-0.1, -0.05) is 0 Å². The first-order valence-electron chi connectivity index (χ1n) is 10.6. The standard InChI is InChI=1S/C17H26N4O3/c1-17(2,3)24-16(23)21-10-8-20(9-11-21)14-7-6-13(12-18-14)15(22)19(4)5/h6-7,12H,8-11H2,1-5H3/i4D3,5D3. The first-order chi connectivity index (χ1) is 13.6. The highest BCUT2D eigenvalue weighted by Crippen LogP contribution is 2.16. The molecule has 2 rings (SSSR count). The first kappa shape index (κ1) is 11.3. The number of pyridine rings is 1. The van der Waals surface area contributed by atoms with E-state index in [-0.39, 0.29) is 16.6 Å². The number of amides is 2. The molecule has 2 amide bonds. The van der Waals surface area contributed by atoms with Gasteiger partial charge in [0.1, 0.15) is 11.4 Å². The zero-order chi connectivity index (χ0) is 22.9. The summed E-state index contributed by atoms with van der Waals surface area (Å²) in [7, 11) is 0. The molecular formula is C17H26N4O3. The molecule has 1 aromatic rings. The molecule has 0 aliphatic carbocycles. The van der Waals surface area contributed by atoms with Gasteiger partial charge in [0, 0.05) is 54.6 Å². The van der Waals surface area contributed by atoms with E-state index in [1.807, 2.05) is 4.90 Å². The minimum Gasteiger partial charge on any atom is -0.444 e. The topological polar surface area (TPSA) is 66.0 Å². The van der Waals surface area contributed by atoms with Crippen LogP contribution in [0.5, 0.6) is 0 Å². The molecule has 1 fully saturated rings. The van der Waals surface area contributed by atoms with Crippen LogP contribution in [0, 0.1) is 0 Å². The van der Waals surface area contributed by atoms with Crippen LogP contribution in [-0.2, 0) is 4.74 Å². The van der Waals surface area contributed by atoms with E-state index >= 15 is 0 Å². The van der Waals surface area contributed by atoms with Gasteiger partial charge in [-0.05, 0) is 32.9 Å². The summed E-state index contributed by atoms with van der Waals surface area (Å²) in [6, 6.07) is 2.86. The molecule has 1 aliphatic heterocycles. The summed E-state index contributed by atoms with van der Waals surface area (Å²) in [5, 5.41) is 0. The van der Waals surface area contributed by atoms with E-state index in [2.05, 4.69) is 4.98 Å². The molecule has 2 heterocycles. The summed E-state index contributed by atoms with van der Waals surface area (Å²) in [5.41, 5.74) is -0.714. The number of ether oxygens (including phenoxy) is 1. The summed E-state index contributed by atoms with van der Waals surface area (Å²) in [4.78, 5) is 32.2. The normalized spacial score (nSPS) is 20.0. The van der Waals surface area contributed by atoms with E-state index < -0.39 is 25.5 Å². The number of carbonyl (C=O) groups is 2. The van der Waals surface area contributed by atoms with Crippen molar-refractivity contribution in [2.75, 3.05) is 45.0 Å². The van der Waals surface area contributed by atoms with Crippen LogP contribution < -0.4 is 4.90 Å². The summed E-state index contributed by atoms with van der Waals surface area (Å²) < 4.78 is 49.4. The second-order valence-electron chi connectivity index (χ2n) is 6.50. The second kappa shape index (κ2) is 7.07. The highest BCUT2D eigenvalue weighted by molar-refractivity contribution is 5.93. The fourth-order valence-electron chi connectivity index (χ4n) is 2.27. The van der Waals surface area contributed by atoms with E-state index in [1.54, 1.807) is 25.7 Å². The molecule has 0 N–H and O–H groups in total. The maximum absolute atomic E-state index is 12.5. The molecule has 132 valence electrons. The lowest BCUT2D eigenvalue weighted by Gasteiger charge is -2.36. The van der Waals surface area contributed by atoms with Crippen molar-refractivity contribution in [3.05, 3.63) is 23.9 Å². The molecule has 0 aromatic carbocycles. The Hall–Kier alpha value is -2.31. The van der Waals surface area contributed by atoms with Gasteiger partial charge < -0.3 is 19.4 Å². The number of piperazine rings is 1. The number of hydrogen-bond donors (Lipinski definition) is 0. The third-order valence-electron chi connectivity index (χ3n) is 3.45. The Morgan fingerprint density at radius 1 is 1.21 bits per heavy atom. The number of rotatable bonds is 2. The number of anilines is 1. The monoisotopic (exact) mass is 340 g/mol. The van der Waals surface area contributed by atoms with Crippen molar-refractivity contribution in [3.8, 4) is 0 Å². The van der Waals surface area contributed by atoms with Gasteiger partial charge in [0.25, 0.3) is 5.91 Å². The number of aromatic nitrogens is 1. The van der Waals surface area contributed by atoms with Gasteiger partial charge in [0.05, 0.1) is 5.56 Å². The molecule has 24 heavy (non-hydrogen) atoms. The largest absolute Gasteiger partial charge is 0.444 e. The van der Waals surface area contributed by atoms with Crippen molar-refractivity contribution < 1.29 is 22.6 Å². The zero-order valence-corrected chi connectivity index (χ0v) is 14.1. The second-order valence-corrected chi connectivity index (χ2v) is 6.50. The minimum absolute atomic E-state index is 0.101. The summed E-state index contributed by atoms with van der Waals surface area (Å²) in [6.45, 7) is 1.03. The molecule has 0 spiro atoms. The van der Waals surface area contributed by atoms with Gasteiger partial charge in [-0.3, -0.25) is 4.79 Å². The van der Waals surface area contributed by atoms with Crippen molar-refractivity contribution in [1.82, 2.24) is 14.8 Å². The summed E-state index contributed by atoms with van der Waals surface area (Å²) in [5.74, 6) is -0.617. The Balaban J connectivity index is 2.05. The number of hydrogen-bond acceptors (Lipinski definition) is 5. The van der Waals surface area contributed by atoms with Gasteiger partial charge in [-0.25, -0.2) is 9.78 Å². The molecule has 1 aromatic heterocycles. The SMILES string of the molecule is [2H]C([2H])([2H])N(C(=O)c1ccc(N2CCN(C(=O)OC(C)(C)C)CC2)nc1)C([2H])([2H])[2H]. The van der Waals surface area contributed by atoms with Crippen LogP contribution in [0.15, 0.2) is 18.3 Å². The van der Waals surface area contributed by atoms with Crippen LogP contribution in [0.3, 0.4) is 0 Å². The lowest BCUT2D eigenvalue weighted by Crippen LogP contribution is -2.50. The van der Waals surface area contributed by atoms with Crippen molar-refractivity contribution in [1.29, 1.82) is 0 Å². The molecule has 0 atom stereocenters. The van der Waals surface area contributed by atoms with Crippen LogP contribution in [-0.4, -0.2) is 72.5 Å². The average Bonchev–Trinajstić information content (AvgIpc) is 2.58. The van der Waals surface area contributed by atoms with Gasteiger partial charge in [-0.15, -0.1) is 0 Å². The summed E-state index contributed by atoms with van der Waals surface area (Å²) in [6.07, 6.45) is 0.771. The Kier molecular flexibility index (Phi) is 3.32. The van der Waals surface area contributed by atoms with E-state index in [9.17, 15) is 9.59 Å². The molecule has 0 radical (unpaired) electrons. The zero-order valence-electron chi connectivity index (χ0n) is 20.1. The molecule has 0 unspecified atom stereocenters. The Morgan fingerprint density at radius 2 is 1.88 bits per heavy atom. The smallest absolute Gasteiger partial charge is 0.410 e. The van der Waals surface area contributed by atoms with Crippen molar-refractivity contribution in [2.24, 2.45) is 0 Å². The number of carbonyl (C=O) groups excluding carboxylic acids is 2. The maximum atomic E-state index is 12.5. The fourth-order valence-corrected chi connectivity index (χ4v) is 2.27. The molecule has 7 heteroatoms.